The van der Waals surface area contributed by atoms with Crippen LogP contribution in [0.3, 0.4) is 0 Å². The van der Waals surface area contributed by atoms with E-state index in [0.717, 1.165) is 23.2 Å². The summed E-state index contributed by atoms with van der Waals surface area (Å²) in [6, 6.07) is 6.14. The third-order valence-corrected chi connectivity index (χ3v) is 5.33. The Hall–Kier alpha value is -1.82. The van der Waals surface area contributed by atoms with Crippen LogP contribution in [0.1, 0.15) is 43.2 Å². The molecule has 0 radical (unpaired) electrons. The zero-order chi connectivity index (χ0) is 17.6. The van der Waals surface area contributed by atoms with Crippen LogP contribution in [0, 0.1) is 19.8 Å². The lowest BCUT2D eigenvalue weighted by atomic mass is 9.89. The van der Waals surface area contributed by atoms with Gasteiger partial charge in [-0.3, -0.25) is 4.79 Å². The van der Waals surface area contributed by atoms with E-state index < -0.39 is 0 Å². The lowest BCUT2D eigenvalue weighted by Gasteiger charge is -2.21. The van der Waals surface area contributed by atoms with Crippen molar-refractivity contribution < 1.29 is 9.21 Å². The minimum atomic E-state index is 0.0294. The molecule has 0 unspecified atom stereocenters. The van der Waals surface area contributed by atoms with E-state index in [0.29, 0.717) is 22.8 Å². The molecule has 1 aliphatic rings. The lowest BCUT2D eigenvalue weighted by molar-refractivity contribution is -0.118. The van der Waals surface area contributed by atoms with Crippen LogP contribution in [0.15, 0.2) is 27.8 Å². The van der Waals surface area contributed by atoms with E-state index in [1.165, 1.54) is 43.9 Å². The van der Waals surface area contributed by atoms with Crippen molar-refractivity contribution in [2.75, 3.05) is 12.3 Å². The van der Waals surface area contributed by atoms with Gasteiger partial charge in [-0.2, -0.15) is 0 Å². The number of carbonyl (C=O) groups is 1. The highest BCUT2D eigenvalue weighted by atomic mass is 32.2. The number of amides is 1. The Kier molecular flexibility index (Phi) is 6.13. The van der Waals surface area contributed by atoms with Crippen LogP contribution in [0.2, 0.25) is 0 Å². The highest BCUT2D eigenvalue weighted by Gasteiger charge is 2.15. The van der Waals surface area contributed by atoms with E-state index in [2.05, 4.69) is 21.6 Å². The summed E-state index contributed by atoms with van der Waals surface area (Å²) in [7, 11) is 0. The minimum absolute atomic E-state index is 0.0294. The number of aromatic nitrogens is 2. The maximum Gasteiger partial charge on any atom is 0.277 e. The van der Waals surface area contributed by atoms with Crippen LogP contribution in [0.25, 0.3) is 11.5 Å². The molecule has 2 aromatic rings. The molecular formula is C19H25N3O2S. The quantitative estimate of drug-likeness (QED) is 0.785. The van der Waals surface area contributed by atoms with Gasteiger partial charge >= 0.3 is 0 Å². The Bertz CT molecular complexity index is 703. The van der Waals surface area contributed by atoms with E-state index >= 15 is 0 Å². The largest absolute Gasteiger partial charge is 0.411 e. The molecule has 0 aliphatic heterocycles. The predicted octanol–water partition coefficient (Wildman–Crippen LogP) is 4.14. The fraction of sp³-hybridized carbons (Fsp3) is 0.526. The first-order valence-electron chi connectivity index (χ1n) is 8.92. The van der Waals surface area contributed by atoms with E-state index in [-0.39, 0.29) is 5.91 Å². The first kappa shape index (κ1) is 18.0. The highest BCUT2D eigenvalue weighted by molar-refractivity contribution is 7.99. The Labute approximate surface area is 153 Å². The fourth-order valence-electron chi connectivity index (χ4n) is 3.31. The maximum atomic E-state index is 12.0. The van der Waals surface area contributed by atoms with Gasteiger partial charge in [-0.1, -0.05) is 48.2 Å². The van der Waals surface area contributed by atoms with Gasteiger partial charge in [0.05, 0.1) is 5.75 Å². The predicted molar refractivity (Wildman–Crippen MR) is 99.5 cm³/mol. The average molecular weight is 359 g/mol. The Balaban J connectivity index is 1.48. The standard InChI is InChI=1S/C19H25N3O2S/c1-13-8-14(2)10-16(9-13)18-21-22-19(24-18)25-12-17(23)20-11-15-6-4-3-5-7-15/h8-10,15H,3-7,11-12H2,1-2H3,(H,20,23). The second-order valence-corrected chi connectivity index (χ2v) is 7.77. The van der Waals surface area contributed by atoms with Gasteiger partial charge in [0.15, 0.2) is 0 Å². The number of nitrogens with zero attached hydrogens (tertiary/aromatic N) is 2. The van der Waals surface area contributed by atoms with Gasteiger partial charge in [-0.05, 0) is 44.7 Å². The van der Waals surface area contributed by atoms with E-state index in [1.807, 2.05) is 26.0 Å². The monoisotopic (exact) mass is 359 g/mol. The molecule has 3 rings (SSSR count). The third-order valence-electron chi connectivity index (χ3n) is 4.51. The summed E-state index contributed by atoms with van der Waals surface area (Å²) in [5, 5.41) is 11.6. The van der Waals surface area contributed by atoms with Gasteiger partial charge in [-0.15, -0.1) is 10.2 Å². The van der Waals surface area contributed by atoms with Crippen molar-refractivity contribution in [3.05, 3.63) is 29.3 Å². The molecular weight excluding hydrogens is 334 g/mol. The molecule has 1 heterocycles. The van der Waals surface area contributed by atoms with Crippen LogP contribution in [0.4, 0.5) is 0 Å². The summed E-state index contributed by atoms with van der Waals surface area (Å²) in [4.78, 5) is 12.0. The second-order valence-electron chi connectivity index (χ2n) is 6.85. The summed E-state index contributed by atoms with van der Waals surface area (Å²) >= 11 is 1.29. The Morgan fingerprint density at radius 1 is 1.16 bits per heavy atom. The summed E-state index contributed by atoms with van der Waals surface area (Å²) < 4.78 is 5.69. The molecule has 25 heavy (non-hydrogen) atoms. The third kappa shape index (κ3) is 5.33. The zero-order valence-corrected chi connectivity index (χ0v) is 15.7. The van der Waals surface area contributed by atoms with Crippen LogP contribution >= 0.6 is 11.8 Å². The zero-order valence-electron chi connectivity index (χ0n) is 14.9. The Morgan fingerprint density at radius 3 is 2.60 bits per heavy atom. The number of hydrogen-bond donors (Lipinski definition) is 1. The molecule has 1 amide bonds. The molecule has 0 atom stereocenters. The molecule has 1 aliphatic carbocycles. The van der Waals surface area contributed by atoms with Crippen molar-refractivity contribution in [1.82, 2.24) is 15.5 Å². The first-order chi connectivity index (χ1) is 12.1. The van der Waals surface area contributed by atoms with Gasteiger partial charge in [0.1, 0.15) is 0 Å². The van der Waals surface area contributed by atoms with Gasteiger partial charge < -0.3 is 9.73 Å². The first-order valence-corrected chi connectivity index (χ1v) is 9.90. The molecule has 134 valence electrons. The number of hydrogen-bond acceptors (Lipinski definition) is 5. The van der Waals surface area contributed by atoms with Crippen LogP contribution in [0.5, 0.6) is 0 Å². The summed E-state index contributed by atoms with van der Waals surface area (Å²) in [6.07, 6.45) is 6.38. The van der Waals surface area contributed by atoms with E-state index in [1.54, 1.807) is 0 Å². The molecule has 0 bridgehead atoms. The molecule has 1 aromatic carbocycles. The number of carbonyl (C=O) groups excluding carboxylic acids is 1. The Morgan fingerprint density at radius 2 is 1.88 bits per heavy atom. The minimum Gasteiger partial charge on any atom is -0.411 e. The van der Waals surface area contributed by atoms with Crippen molar-refractivity contribution >= 4 is 17.7 Å². The molecule has 5 nitrogen and oxygen atoms in total. The number of nitrogens with one attached hydrogen (secondary N) is 1. The lowest BCUT2D eigenvalue weighted by Crippen LogP contribution is -2.31. The van der Waals surface area contributed by atoms with Gasteiger partial charge in [-0.25, -0.2) is 0 Å². The smallest absolute Gasteiger partial charge is 0.277 e. The molecule has 6 heteroatoms. The molecule has 1 N–H and O–H groups in total. The SMILES string of the molecule is Cc1cc(C)cc(-c2nnc(SCC(=O)NCC3CCCCC3)o2)c1. The maximum absolute atomic E-state index is 12.0. The van der Waals surface area contributed by atoms with Crippen molar-refractivity contribution in [2.45, 2.75) is 51.2 Å². The van der Waals surface area contributed by atoms with E-state index in [4.69, 9.17) is 4.42 Å². The summed E-state index contributed by atoms with van der Waals surface area (Å²) in [5.74, 6) is 1.47. The summed E-state index contributed by atoms with van der Waals surface area (Å²) in [6.45, 7) is 4.87. The second kappa shape index (κ2) is 8.52. The van der Waals surface area contributed by atoms with E-state index in [9.17, 15) is 4.79 Å². The van der Waals surface area contributed by atoms with Crippen molar-refractivity contribution in [1.29, 1.82) is 0 Å². The average Bonchev–Trinajstić information content (AvgIpc) is 3.07. The topological polar surface area (TPSA) is 68.0 Å². The fourth-order valence-corrected chi connectivity index (χ4v) is 3.90. The normalized spacial score (nSPS) is 15.3. The molecule has 1 fully saturated rings. The van der Waals surface area contributed by atoms with Gasteiger partial charge in [0.2, 0.25) is 11.8 Å². The van der Waals surface area contributed by atoms with Crippen LogP contribution in [-0.4, -0.2) is 28.4 Å². The van der Waals surface area contributed by atoms with Crippen molar-refractivity contribution in [3.63, 3.8) is 0 Å². The van der Waals surface area contributed by atoms with Crippen molar-refractivity contribution in [2.24, 2.45) is 5.92 Å². The molecule has 0 saturated heterocycles. The highest BCUT2D eigenvalue weighted by Crippen LogP contribution is 2.25. The van der Waals surface area contributed by atoms with Crippen LogP contribution < -0.4 is 5.32 Å². The van der Waals surface area contributed by atoms with Gasteiger partial charge in [0, 0.05) is 12.1 Å². The molecule has 1 aromatic heterocycles. The summed E-state index contributed by atoms with van der Waals surface area (Å²) in [5.41, 5.74) is 3.23. The number of rotatable bonds is 6. The number of benzene rings is 1. The number of aryl methyl sites for hydroxylation is 2. The van der Waals surface area contributed by atoms with Crippen molar-refractivity contribution in [3.8, 4) is 11.5 Å². The molecule has 1 saturated carbocycles. The number of thioether (sulfide) groups is 1. The van der Waals surface area contributed by atoms with Crippen LogP contribution in [-0.2, 0) is 4.79 Å². The molecule has 0 spiro atoms. The van der Waals surface area contributed by atoms with Gasteiger partial charge in [0.25, 0.3) is 5.22 Å².